The zero-order chi connectivity index (χ0) is 43.5. The van der Waals surface area contributed by atoms with Gasteiger partial charge >= 0.3 is 12.1 Å². The van der Waals surface area contributed by atoms with E-state index in [9.17, 15) is 19.1 Å². The Morgan fingerprint density at radius 3 is 2.51 bits per heavy atom. The van der Waals surface area contributed by atoms with E-state index in [1.54, 1.807) is 72.6 Å². The Balaban J connectivity index is 0.00000145. The number of ether oxygens (including phenoxy) is 3. The van der Waals surface area contributed by atoms with Crippen LogP contribution in [0.2, 0.25) is 0 Å². The summed E-state index contributed by atoms with van der Waals surface area (Å²) in [4.78, 5) is 35.0. The maximum atomic E-state index is 15.4. The first-order valence-electron chi connectivity index (χ1n) is 17.5. The van der Waals surface area contributed by atoms with E-state index >= 15 is 4.39 Å². The van der Waals surface area contributed by atoms with Gasteiger partial charge in [-0.25, -0.2) is 32.9 Å². The molecule has 5 aromatic rings. The van der Waals surface area contributed by atoms with E-state index in [-0.39, 0.29) is 31.1 Å². The van der Waals surface area contributed by atoms with Crippen LogP contribution in [0.25, 0.3) is 11.3 Å². The topological polar surface area (TPSA) is 253 Å². The van der Waals surface area contributed by atoms with E-state index < -0.39 is 58.1 Å². The fraction of sp³-hybridized carbons (Fsp3) is 0.324. The number of nitrogens with two attached hydrogens (primary N) is 1. The molecule has 0 radical (unpaired) electrons. The number of likely N-dealkylation sites (N-methyl/N-ethyl adjacent to an activating group) is 1. The highest BCUT2D eigenvalue weighted by Gasteiger charge is 2.43. The van der Waals surface area contributed by atoms with E-state index in [4.69, 9.17) is 42.0 Å². The van der Waals surface area contributed by atoms with Crippen LogP contribution < -0.4 is 14.8 Å². The number of rotatable bonds is 15. The number of nitriles is 1. The third-order valence-corrected chi connectivity index (χ3v) is 9.64. The average Bonchev–Trinajstić information content (AvgIpc) is 3.88. The second-order valence-corrected chi connectivity index (χ2v) is 14.5. The number of nitrogens with zero attached hydrogens (tertiary/aromatic N) is 7. The highest BCUT2D eigenvalue weighted by atomic mass is 32.3. The number of thiazole rings is 1. The molecule has 2 unspecified atom stereocenters. The summed E-state index contributed by atoms with van der Waals surface area (Å²) in [5.41, 5.74) is 0.0590. The van der Waals surface area contributed by atoms with Crippen LogP contribution in [-0.2, 0) is 48.2 Å². The van der Waals surface area contributed by atoms with Gasteiger partial charge in [-0.1, -0.05) is 25.1 Å². The van der Waals surface area contributed by atoms with E-state index in [1.165, 1.54) is 53.7 Å². The molecule has 0 spiro atoms. The Kier molecular flexibility index (Phi) is 15.8. The third kappa shape index (κ3) is 12.8. The summed E-state index contributed by atoms with van der Waals surface area (Å²) in [6.45, 7) is 4.66. The van der Waals surface area contributed by atoms with Crippen LogP contribution in [0.4, 0.5) is 19.4 Å². The Morgan fingerprint density at radius 2 is 1.85 bits per heavy atom. The fourth-order valence-electron chi connectivity index (χ4n) is 5.59. The summed E-state index contributed by atoms with van der Waals surface area (Å²) in [6, 6.07) is 15.2. The number of quaternary nitrogens is 1. The lowest BCUT2D eigenvalue weighted by Crippen LogP contribution is -2.81. The van der Waals surface area contributed by atoms with Crippen LogP contribution in [0, 0.1) is 23.0 Å². The molecule has 0 saturated carbocycles. The number of aliphatic hydroxyl groups is 1. The molecule has 0 aliphatic rings. The van der Waals surface area contributed by atoms with Crippen molar-refractivity contribution >= 4 is 39.6 Å². The van der Waals surface area contributed by atoms with Gasteiger partial charge < -0.3 is 33.7 Å². The van der Waals surface area contributed by atoms with Crippen molar-refractivity contribution in [1.29, 1.82) is 5.26 Å². The molecule has 5 rings (SSSR count). The number of aromatic nitrogens is 5. The largest absolute Gasteiger partial charge is 0.759 e. The van der Waals surface area contributed by atoms with Crippen molar-refractivity contribution in [1.82, 2.24) is 19.7 Å². The van der Waals surface area contributed by atoms with Crippen LogP contribution in [-0.4, -0.2) is 81.4 Å². The molecular weight excluding hydrogens is 819 g/mol. The minimum Gasteiger partial charge on any atom is -0.759 e. The third-order valence-electron chi connectivity index (χ3n) is 8.61. The number of carbonyl (C=O) groups excluding carboxylic acids is 2. The number of anilines is 1. The van der Waals surface area contributed by atoms with Gasteiger partial charge in [0.05, 0.1) is 29.4 Å². The predicted molar refractivity (Wildman–Crippen MR) is 201 cm³/mol. The minimum atomic E-state index is -5.17. The number of halogens is 2. The summed E-state index contributed by atoms with van der Waals surface area (Å²) in [6.07, 6.45) is 1.87. The smallest absolute Gasteiger partial charge is 0.417 e. The van der Waals surface area contributed by atoms with Gasteiger partial charge in [-0.3, -0.25) is 13.3 Å². The van der Waals surface area contributed by atoms with Crippen molar-refractivity contribution in [2.75, 3.05) is 25.5 Å². The zero-order valence-electron chi connectivity index (χ0n) is 32.3. The number of esters is 1. The summed E-state index contributed by atoms with van der Waals surface area (Å²) in [5.74, 6) is -2.54. The Morgan fingerprint density at radius 1 is 1.15 bits per heavy atom. The van der Waals surface area contributed by atoms with Gasteiger partial charge in [0.1, 0.15) is 36.2 Å². The summed E-state index contributed by atoms with van der Waals surface area (Å²) >= 11 is 1.26. The second kappa shape index (κ2) is 20.3. The monoisotopic (exact) mass is 858 g/mol. The number of hydrogen-bond acceptors (Lipinski definition) is 15. The first-order chi connectivity index (χ1) is 27.8. The van der Waals surface area contributed by atoms with Crippen LogP contribution >= 0.6 is 11.3 Å². The van der Waals surface area contributed by atoms with Gasteiger partial charge in [0.2, 0.25) is 12.6 Å². The molecule has 3 heterocycles. The van der Waals surface area contributed by atoms with Gasteiger partial charge in [0.25, 0.3) is 6.33 Å². The Hall–Kier alpha value is -5.80. The summed E-state index contributed by atoms with van der Waals surface area (Å²) in [5, 5.41) is 29.7. The number of amides is 1. The highest BCUT2D eigenvalue weighted by molar-refractivity contribution is 7.79. The van der Waals surface area contributed by atoms with Gasteiger partial charge in [0, 0.05) is 56.7 Å². The van der Waals surface area contributed by atoms with Crippen molar-refractivity contribution in [2.45, 2.75) is 58.0 Å². The predicted octanol–water partition coefficient (Wildman–Crippen LogP) is 2.58. The zero-order valence-corrected chi connectivity index (χ0v) is 33.9. The Labute approximate surface area is 341 Å². The molecule has 18 nitrogen and oxygen atoms in total. The van der Waals surface area contributed by atoms with E-state index in [0.29, 0.717) is 21.8 Å². The van der Waals surface area contributed by atoms with Crippen molar-refractivity contribution in [2.24, 2.45) is 0 Å². The Bertz CT molecular complexity index is 2370. The first-order valence-corrected chi connectivity index (χ1v) is 19.7. The van der Waals surface area contributed by atoms with Crippen molar-refractivity contribution in [3.63, 3.8) is 0 Å². The maximum absolute atomic E-state index is 15.4. The average molecular weight is 859 g/mol. The van der Waals surface area contributed by atoms with Crippen molar-refractivity contribution < 1.29 is 65.1 Å². The molecule has 22 heteroatoms. The van der Waals surface area contributed by atoms with Crippen molar-refractivity contribution in [3.05, 3.63) is 112 Å². The number of hydrogen-bond donors (Lipinski definition) is 2. The molecule has 0 bridgehead atoms. The van der Waals surface area contributed by atoms with Crippen molar-refractivity contribution in [3.8, 4) is 17.3 Å². The first kappa shape index (κ1) is 45.9. The number of carbonyl (C=O) groups is 2. The van der Waals surface area contributed by atoms with Gasteiger partial charge in [-0.05, 0) is 50.2 Å². The molecule has 0 fully saturated rings. The molecule has 4 atom stereocenters. The van der Waals surface area contributed by atoms with Crippen LogP contribution in [0.1, 0.15) is 54.6 Å². The van der Waals surface area contributed by atoms with Gasteiger partial charge in [0.15, 0.2) is 12.8 Å². The molecule has 0 aliphatic heterocycles. The molecule has 59 heavy (non-hydrogen) atoms. The fourth-order valence-corrected chi connectivity index (χ4v) is 6.56. The standard InChI is InChI=1S/C37H39F2N8O6S.H2O4S/c1-23(35-44-32(19-54-35)27-10-8-26(16-40)9-11-27)37(50,30-15-29(38)12-13-31(30)39)20-47-22-46(21-43-47)24(2)52-25(3)53-36(49)45(5)34-28(7-6-14-42-34)18-51-33(48)17-41-4;1-5(2,3)4/h6-15,19,21-25,41,50H,17-18,20H2,1-5H3;(H2,1,2,3,4)/q+1;/p-1/t23-,24?,25?,37+;/m0./s1. The number of benzene rings is 2. The van der Waals surface area contributed by atoms with E-state index in [2.05, 4.69) is 16.2 Å². The lowest BCUT2D eigenvalue weighted by atomic mass is 9.82. The van der Waals surface area contributed by atoms with Crippen LogP contribution in [0.5, 0.6) is 0 Å². The maximum Gasteiger partial charge on any atom is 0.417 e. The number of pyridine rings is 1. The lowest BCUT2D eigenvalue weighted by Gasteiger charge is -2.32. The highest BCUT2D eigenvalue weighted by Crippen LogP contribution is 2.41. The normalized spacial score (nSPS) is 13.8. The van der Waals surface area contributed by atoms with E-state index in [1.807, 2.05) is 0 Å². The molecule has 0 saturated heterocycles. The lowest BCUT2D eigenvalue weighted by molar-refractivity contribution is -0.763. The van der Waals surface area contributed by atoms with Crippen LogP contribution in [0.15, 0.2) is 78.8 Å². The molecule has 0 aliphatic carbocycles. The molecule has 3 aromatic heterocycles. The molecule has 1 amide bonds. The molecule has 2 aromatic carbocycles. The SMILES string of the molecule is C[NH2+]CC(=O)OCc1cccnc1N(C)C(=O)OC(C)OC(C)[n+]1cnn(C[C@](O)(c2cc(F)ccc2F)[C@@H](C)c2nc(-c3ccc(C#N)cc3)cs2)c1.O=S(=O)([O-])[O-]. The minimum absolute atomic E-state index is 0.0829. The van der Waals surface area contributed by atoms with Gasteiger partial charge in [-0.2, -0.15) is 5.26 Å². The molecular formula is C37H40F2N8O10S2. The molecule has 3 N–H and O–H groups in total. The molecule has 314 valence electrons. The summed E-state index contributed by atoms with van der Waals surface area (Å²) < 4.78 is 83.6. The van der Waals surface area contributed by atoms with Crippen LogP contribution in [0.3, 0.4) is 0 Å². The quantitative estimate of drug-likeness (QED) is 0.0505. The summed E-state index contributed by atoms with van der Waals surface area (Å²) in [7, 11) is -1.96. The van der Waals surface area contributed by atoms with Gasteiger partial charge in [-0.15, -0.1) is 16.0 Å². The van der Waals surface area contributed by atoms with E-state index in [0.717, 1.165) is 23.8 Å². The second-order valence-electron chi connectivity index (χ2n) is 12.8.